The van der Waals surface area contributed by atoms with E-state index in [1.54, 1.807) is 6.08 Å². The Morgan fingerprint density at radius 1 is 1.32 bits per heavy atom. The summed E-state index contributed by atoms with van der Waals surface area (Å²) in [5, 5.41) is 15.1. The number of thioether (sulfide) groups is 1. The quantitative estimate of drug-likeness (QED) is 0.367. The zero-order valence-corrected chi connectivity index (χ0v) is 14.8. The lowest BCUT2D eigenvalue weighted by atomic mass is 10.2. The lowest BCUT2D eigenvalue weighted by Gasteiger charge is -1.98. The van der Waals surface area contributed by atoms with E-state index in [4.69, 9.17) is 4.52 Å². The van der Waals surface area contributed by atoms with Crippen molar-refractivity contribution in [2.24, 2.45) is 0 Å². The van der Waals surface area contributed by atoms with E-state index in [9.17, 15) is 4.79 Å². The van der Waals surface area contributed by atoms with E-state index in [-0.39, 0.29) is 12.3 Å². The summed E-state index contributed by atoms with van der Waals surface area (Å²) in [5.41, 5.74) is 0.875. The van der Waals surface area contributed by atoms with Gasteiger partial charge in [-0.2, -0.15) is 4.98 Å². The molecule has 0 atom stereocenters. The molecule has 25 heavy (non-hydrogen) atoms. The molecule has 0 saturated heterocycles. The molecule has 3 rings (SSSR count). The summed E-state index contributed by atoms with van der Waals surface area (Å²) in [6, 6.07) is 9.53. The number of rotatable bonds is 8. The van der Waals surface area contributed by atoms with Crippen molar-refractivity contribution in [3.63, 3.8) is 0 Å². The largest absolute Gasteiger partial charge is 0.339 e. The molecule has 0 bridgehead atoms. The van der Waals surface area contributed by atoms with Crippen LogP contribution in [-0.4, -0.2) is 32.0 Å². The van der Waals surface area contributed by atoms with Crippen LogP contribution in [0.5, 0.6) is 0 Å². The van der Waals surface area contributed by atoms with E-state index in [2.05, 4.69) is 32.2 Å². The highest BCUT2D eigenvalue weighted by atomic mass is 32.2. The minimum absolute atomic E-state index is 0.170. The van der Waals surface area contributed by atoms with Crippen LogP contribution in [0.2, 0.25) is 0 Å². The van der Waals surface area contributed by atoms with Gasteiger partial charge in [-0.15, -0.1) is 16.8 Å². The van der Waals surface area contributed by atoms with Gasteiger partial charge in [-0.1, -0.05) is 64.7 Å². The topological polar surface area (TPSA) is 93.8 Å². The van der Waals surface area contributed by atoms with Gasteiger partial charge in [0.25, 0.3) is 0 Å². The molecule has 0 spiro atoms. The lowest BCUT2D eigenvalue weighted by Crippen LogP contribution is -2.12. The molecule has 1 N–H and O–H groups in total. The Morgan fingerprint density at radius 2 is 2.16 bits per heavy atom. The zero-order valence-electron chi connectivity index (χ0n) is 13.2. The third-order valence-corrected chi connectivity index (χ3v) is 5.01. The van der Waals surface area contributed by atoms with Gasteiger partial charge in [0.2, 0.25) is 22.8 Å². The van der Waals surface area contributed by atoms with Crippen LogP contribution in [0.1, 0.15) is 12.3 Å². The summed E-state index contributed by atoms with van der Waals surface area (Å²) < 4.78 is 5.98. The molecule has 0 radical (unpaired) electrons. The van der Waals surface area contributed by atoms with Crippen molar-refractivity contribution in [2.75, 3.05) is 11.1 Å². The number of carbonyl (C=O) groups is 1. The third-order valence-electron chi connectivity index (χ3n) is 3.04. The van der Waals surface area contributed by atoms with Crippen LogP contribution < -0.4 is 5.32 Å². The third kappa shape index (κ3) is 4.97. The first-order chi connectivity index (χ1) is 12.2. The fraction of sp³-hybridized carbons (Fsp3) is 0.188. The summed E-state index contributed by atoms with van der Waals surface area (Å²) in [5.74, 6) is 1.53. The summed E-state index contributed by atoms with van der Waals surface area (Å²) in [6.07, 6.45) is 2.38. The van der Waals surface area contributed by atoms with Gasteiger partial charge in [0.1, 0.15) is 0 Å². The average molecular weight is 373 g/mol. The minimum Gasteiger partial charge on any atom is -0.339 e. The van der Waals surface area contributed by atoms with Crippen LogP contribution in [-0.2, 0) is 11.2 Å². The van der Waals surface area contributed by atoms with E-state index >= 15 is 0 Å². The normalized spacial score (nSPS) is 10.6. The molecule has 3 aromatic rings. The van der Waals surface area contributed by atoms with Crippen LogP contribution in [0.25, 0.3) is 11.4 Å². The maximum Gasteiger partial charge on any atom is 0.227 e. The van der Waals surface area contributed by atoms with Gasteiger partial charge in [0.15, 0.2) is 4.34 Å². The second-order valence-electron chi connectivity index (χ2n) is 4.90. The molecule has 1 aromatic carbocycles. The molecule has 0 fully saturated rings. The van der Waals surface area contributed by atoms with Crippen molar-refractivity contribution in [1.82, 2.24) is 20.3 Å². The van der Waals surface area contributed by atoms with Gasteiger partial charge in [0, 0.05) is 24.2 Å². The number of nitrogens with zero attached hydrogens (tertiary/aromatic N) is 4. The molecule has 1 amide bonds. The zero-order chi connectivity index (χ0) is 17.5. The van der Waals surface area contributed by atoms with Gasteiger partial charge in [-0.25, -0.2) is 0 Å². The van der Waals surface area contributed by atoms with Gasteiger partial charge < -0.3 is 9.84 Å². The van der Waals surface area contributed by atoms with Crippen molar-refractivity contribution < 1.29 is 9.32 Å². The number of aromatic nitrogens is 4. The van der Waals surface area contributed by atoms with Crippen molar-refractivity contribution in [3.05, 3.63) is 48.9 Å². The highest BCUT2D eigenvalue weighted by molar-refractivity contribution is 8.01. The van der Waals surface area contributed by atoms with Gasteiger partial charge in [-0.3, -0.25) is 4.79 Å². The second kappa shape index (κ2) is 8.54. The molecule has 128 valence electrons. The van der Waals surface area contributed by atoms with Crippen LogP contribution in [0.4, 0.5) is 5.13 Å². The van der Waals surface area contributed by atoms with E-state index in [1.165, 1.54) is 23.1 Å². The predicted molar refractivity (Wildman–Crippen MR) is 97.5 cm³/mol. The van der Waals surface area contributed by atoms with Gasteiger partial charge in [-0.05, 0) is 0 Å². The smallest absolute Gasteiger partial charge is 0.227 e. The number of carbonyl (C=O) groups excluding carboxylic acids is 1. The van der Waals surface area contributed by atoms with E-state index < -0.39 is 0 Å². The summed E-state index contributed by atoms with van der Waals surface area (Å²) in [4.78, 5) is 16.3. The molecular formula is C16H15N5O2S2. The molecule has 2 aromatic heterocycles. The van der Waals surface area contributed by atoms with Gasteiger partial charge >= 0.3 is 0 Å². The first-order valence-corrected chi connectivity index (χ1v) is 9.30. The van der Waals surface area contributed by atoms with E-state index in [1.807, 2.05) is 30.3 Å². The fourth-order valence-electron chi connectivity index (χ4n) is 1.91. The Kier molecular flexibility index (Phi) is 5.91. The number of hydrogen-bond acceptors (Lipinski definition) is 8. The maximum atomic E-state index is 12.0. The first kappa shape index (κ1) is 17.3. The van der Waals surface area contributed by atoms with Crippen LogP contribution in [0.15, 0.2) is 51.8 Å². The maximum absolute atomic E-state index is 12.0. The Balaban J connectivity index is 1.50. The molecule has 9 heteroatoms. The number of nitrogens with one attached hydrogen (secondary N) is 1. The average Bonchev–Trinajstić information content (AvgIpc) is 3.28. The van der Waals surface area contributed by atoms with Crippen LogP contribution >= 0.6 is 23.1 Å². The Labute approximate surface area is 152 Å². The summed E-state index contributed by atoms with van der Waals surface area (Å²) >= 11 is 2.86. The number of aryl methyl sites for hydroxylation is 1. The molecule has 0 unspecified atom stereocenters. The Hall–Kier alpha value is -2.52. The monoisotopic (exact) mass is 373 g/mol. The second-order valence-corrected chi connectivity index (χ2v) is 7.14. The van der Waals surface area contributed by atoms with Crippen molar-refractivity contribution in [2.45, 2.75) is 17.2 Å². The SMILES string of the molecule is C=CCSc1nnc(NC(=O)CCc2nc(-c3ccccc3)no2)s1. The number of benzene rings is 1. The molecule has 0 saturated carbocycles. The first-order valence-electron chi connectivity index (χ1n) is 7.49. The highest BCUT2D eigenvalue weighted by Crippen LogP contribution is 2.25. The molecule has 0 aliphatic heterocycles. The van der Waals surface area contributed by atoms with E-state index in [0.29, 0.717) is 23.3 Å². The van der Waals surface area contributed by atoms with Crippen LogP contribution in [0.3, 0.4) is 0 Å². The molecule has 7 nitrogen and oxygen atoms in total. The van der Waals surface area contributed by atoms with Crippen LogP contribution in [0, 0.1) is 0 Å². The van der Waals surface area contributed by atoms with Gasteiger partial charge in [0.05, 0.1) is 0 Å². The Morgan fingerprint density at radius 3 is 2.96 bits per heavy atom. The molecule has 2 heterocycles. The molecule has 0 aliphatic carbocycles. The Bertz CT molecular complexity index is 847. The molecular weight excluding hydrogens is 358 g/mol. The number of hydrogen-bond donors (Lipinski definition) is 1. The summed E-state index contributed by atoms with van der Waals surface area (Å²) in [7, 11) is 0. The predicted octanol–water partition coefficient (Wildman–Crippen LogP) is 3.44. The lowest BCUT2D eigenvalue weighted by molar-refractivity contribution is -0.116. The van der Waals surface area contributed by atoms with Crippen molar-refractivity contribution in [1.29, 1.82) is 0 Å². The van der Waals surface area contributed by atoms with Crippen molar-refractivity contribution >= 4 is 34.1 Å². The molecule has 0 aliphatic rings. The minimum atomic E-state index is -0.170. The number of amides is 1. The fourth-order valence-corrected chi connectivity index (χ4v) is 3.44. The standard InChI is InChI=1S/C16H15N5O2S2/c1-2-10-24-16-20-19-15(25-16)17-12(22)8-9-13-18-14(21-23-13)11-6-4-3-5-7-11/h2-7H,1,8-10H2,(H,17,19,22). The summed E-state index contributed by atoms with van der Waals surface area (Å²) in [6.45, 7) is 3.65. The number of anilines is 1. The van der Waals surface area contributed by atoms with E-state index in [0.717, 1.165) is 15.7 Å². The highest BCUT2D eigenvalue weighted by Gasteiger charge is 2.12. The van der Waals surface area contributed by atoms with Crippen molar-refractivity contribution in [3.8, 4) is 11.4 Å².